The quantitative estimate of drug-likeness (QED) is 0.582. The van der Waals surface area contributed by atoms with Crippen LogP contribution in [0.25, 0.3) is 6.08 Å². The third kappa shape index (κ3) is 1.20. The Labute approximate surface area is 71.9 Å². The van der Waals surface area contributed by atoms with Crippen LogP contribution in [0.4, 0.5) is 0 Å². The number of hydrogen-bond donors (Lipinski definition) is 0. The van der Waals surface area contributed by atoms with Gasteiger partial charge >= 0.3 is 0 Å². The van der Waals surface area contributed by atoms with Crippen LogP contribution in [-0.2, 0) is 0 Å². The first-order valence-corrected chi connectivity index (χ1v) is 4.00. The highest BCUT2D eigenvalue weighted by Gasteiger charge is 2.20. The van der Waals surface area contributed by atoms with Crippen LogP contribution >= 0.6 is 0 Å². The fraction of sp³-hybridized carbons (Fsp3) is 0.300. The first-order valence-electron chi connectivity index (χ1n) is 4.00. The van der Waals surface area contributed by atoms with Crippen molar-refractivity contribution in [3.8, 4) is 5.75 Å². The molecular formula is C10H11NO. The van der Waals surface area contributed by atoms with Crippen molar-refractivity contribution >= 4 is 6.08 Å². The summed E-state index contributed by atoms with van der Waals surface area (Å²) in [4.78, 5) is 4.01. The van der Waals surface area contributed by atoms with Crippen LogP contribution in [0.15, 0.2) is 24.5 Å². The monoisotopic (exact) mass is 161 g/mol. The maximum absolute atomic E-state index is 5.69. The molecule has 0 saturated carbocycles. The van der Waals surface area contributed by atoms with E-state index >= 15 is 0 Å². The number of aromatic nitrogens is 1. The van der Waals surface area contributed by atoms with Crippen molar-refractivity contribution in [1.29, 1.82) is 0 Å². The predicted octanol–water partition coefficient (Wildman–Crippen LogP) is 2.27. The summed E-state index contributed by atoms with van der Waals surface area (Å²) in [7, 11) is 0. The normalized spacial score (nSPS) is 18.2. The number of fused-ring (bicyclic) bond motifs is 1. The number of nitrogens with zero attached hydrogens (tertiary/aromatic N) is 1. The Morgan fingerprint density at radius 3 is 3.08 bits per heavy atom. The number of ether oxygens (including phenoxy) is 1. The van der Waals surface area contributed by atoms with Crippen LogP contribution in [0.3, 0.4) is 0 Å². The largest absolute Gasteiger partial charge is 0.483 e. The molecule has 2 nitrogen and oxygen atoms in total. The Morgan fingerprint density at radius 1 is 1.42 bits per heavy atom. The molecule has 0 spiro atoms. The molecule has 0 N–H and O–H groups in total. The van der Waals surface area contributed by atoms with Crippen molar-refractivity contribution in [3.05, 3.63) is 30.1 Å². The maximum atomic E-state index is 5.69. The van der Waals surface area contributed by atoms with Gasteiger partial charge in [-0.25, -0.2) is 0 Å². The van der Waals surface area contributed by atoms with Crippen molar-refractivity contribution in [2.24, 2.45) is 0 Å². The predicted molar refractivity (Wildman–Crippen MR) is 48.0 cm³/mol. The molecule has 0 unspecified atom stereocenters. The van der Waals surface area contributed by atoms with Gasteiger partial charge in [0.05, 0.1) is 0 Å². The molecule has 62 valence electrons. The summed E-state index contributed by atoms with van der Waals surface area (Å²) in [6.45, 7) is 4.07. The smallest absolute Gasteiger partial charge is 0.130 e. The highest BCUT2D eigenvalue weighted by atomic mass is 16.5. The Morgan fingerprint density at radius 2 is 2.25 bits per heavy atom. The lowest BCUT2D eigenvalue weighted by Gasteiger charge is -2.27. The third-order valence-electron chi connectivity index (χ3n) is 1.85. The van der Waals surface area contributed by atoms with Gasteiger partial charge in [0.15, 0.2) is 0 Å². The minimum Gasteiger partial charge on any atom is -0.483 e. The lowest BCUT2D eigenvalue weighted by atomic mass is 10.0. The first-order chi connectivity index (χ1) is 5.67. The van der Waals surface area contributed by atoms with E-state index in [9.17, 15) is 0 Å². The molecule has 1 aromatic rings. The molecular weight excluding hydrogens is 150 g/mol. The second-order valence-corrected chi connectivity index (χ2v) is 3.45. The Kier molecular flexibility index (Phi) is 1.43. The van der Waals surface area contributed by atoms with Crippen LogP contribution in [0.1, 0.15) is 19.4 Å². The van der Waals surface area contributed by atoms with Crippen LogP contribution in [-0.4, -0.2) is 10.6 Å². The molecule has 0 bridgehead atoms. The Hall–Kier alpha value is -1.31. The summed E-state index contributed by atoms with van der Waals surface area (Å²) >= 11 is 0. The molecule has 1 aliphatic heterocycles. The highest BCUT2D eigenvalue weighted by Crippen LogP contribution is 2.29. The SMILES string of the molecule is CC1(C)C=Cc2cnccc2O1. The minimum atomic E-state index is -0.186. The van der Waals surface area contributed by atoms with Crippen LogP contribution in [0.5, 0.6) is 5.75 Å². The summed E-state index contributed by atoms with van der Waals surface area (Å²) in [5.41, 5.74) is 0.866. The molecule has 2 rings (SSSR count). The summed E-state index contributed by atoms with van der Waals surface area (Å²) in [5, 5.41) is 0. The molecule has 12 heavy (non-hydrogen) atoms. The molecule has 1 aliphatic rings. The van der Waals surface area contributed by atoms with Crippen molar-refractivity contribution in [2.45, 2.75) is 19.4 Å². The topological polar surface area (TPSA) is 22.1 Å². The molecule has 0 fully saturated rings. The maximum Gasteiger partial charge on any atom is 0.130 e. The summed E-state index contributed by atoms with van der Waals surface area (Å²) in [6, 6.07) is 1.89. The molecule has 0 saturated heterocycles. The van der Waals surface area contributed by atoms with Gasteiger partial charge in [0.25, 0.3) is 0 Å². The van der Waals surface area contributed by atoms with E-state index < -0.39 is 0 Å². The fourth-order valence-electron chi connectivity index (χ4n) is 1.22. The summed E-state index contributed by atoms with van der Waals surface area (Å²) < 4.78 is 5.69. The van der Waals surface area contributed by atoms with Crippen molar-refractivity contribution in [1.82, 2.24) is 4.98 Å². The van der Waals surface area contributed by atoms with Gasteiger partial charge in [0.1, 0.15) is 11.4 Å². The molecule has 2 heterocycles. The minimum absolute atomic E-state index is 0.186. The van der Waals surface area contributed by atoms with E-state index in [0.717, 1.165) is 11.3 Å². The number of pyridine rings is 1. The van der Waals surface area contributed by atoms with Crippen LogP contribution in [0.2, 0.25) is 0 Å². The molecule has 0 radical (unpaired) electrons. The van der Waals surface area contributed by atoms with Crippen molar-refractivity contribution < 1.29 is 4.74 Å². The van der Waals surface area contributed by atoms with Gasteiger partial charge in [-0.2, -0.15) is 0 Å². The Bertz CT molecular complexity index is 328. The van der Waals surface area contributed by atoms with E-state index in [1.54, 1.807) is 12.4 Å². The molecule has 0 amide bonds. The first kappa shape index (κ1) is 7.35. The van der Waals surface area contributed by atoms with Crippen LogP contribution in [0, 0.1) is 0 Å². The average molecular weight is 161 g/mol. The number of hydrogen-bond acceptors (Lipinski definition) is 2. The van der Waals surface area contributed by atoms with Crippen molar-refractivity contribution in [3.63, 3.8) is 0 Å². The highest BCUT2D eigenvalue weighted by molar-refractivity contribution is 5.59. The van der Waals surface area contributed by atoms with Crippen LogP contribution < -0.4 is 4.74 Å². The van der Waals surface area contributed by atoms with Gasteiger partial charge in [-0.15, -0.1) is 0 Å². The van der Waals surface area contributed by atoms with Gasteiger partial charge in [-0.3, -0.25) is 4.98 Å². The molecule has 0 atom stereocenters. The van der Waals surface area contributed by atoms with E-state index in [1.165, 1.54) is 0 Å². The summed E-state index contributed by atoms with van der Waals surface area (Å²) in [6.07, 6.45) is 7.64. The van der Waals surface area contributed by atoms with Gasteiger partial charge in [0, 0.05) is 18.0 Å². The lowest BCUT2D eigenvalue weighted by molar-refractivity contribution is 0.159. The van der Waals surface area contributed by atoms with E-state index in [-0.39, 0.29) is 5.60 Å². The summed E-state index contributed by atoms with van der Waals surface area (Å²) in [5.74, 6) is 0.914. The molecule has 0 aromatic carbocycles. The van der Waals surface area contributed by atoms with E-state index in [1.807, 2.05) is 32.1 Å². The average Bonchev–Trinajstić information content (AvgIpc) is 2.02. The van der Waals surface area contributed by atoms with E-state index in [0.29, 0.717) is 0 Å². The number of rotatable bonds is 0. The zero-order chi connectivity index (χ0) is 8.60. The second-order valence-electron chi connectivity index (χ2n) is 3.45. The zero-order valence-electron chi connectivity index (χ0n) is 7.24. The van der Waals surface area contributed by atoms with E-state index in [4.69, 9.17) is 4.74 Å². The van der Waals surface area contributed by atoms with E-state index in [2.05, 4.69) is 4.98 Å². The standard InChI is InChI=1S/C10H11NO/c1-10(2)5-3-8-7-11-6-4-9(8)12-10/h3-7H,1-2H3. The second kappa shape index (κ2) is 2.34. The van der Waals surface area contributed by atoms with Gasteiger partial charge in [-0.1, -0.05) is 0 Å². The van der Waals surface area contributed by atoms with Gasteiger partial charge in [0.2, 0.25) is 0 Å². The zero-order valence-corrected chi connectivity index (χ0v) is 7.24. The molecule has 2 heteroatoms. The van der Waals surface area contributed by atoms with Crippen molar-refractivity contribution in [2.75, 3.05) is 0 Å². The van der Waals surface area contributed by atoms with Gasteiger partial charge < -0.3 is 4.74 Å². The third-order valence-corrected chi connectivity index (χ3v) is 1.85. The fourth-order valence-corrected chi connectivity index (χ4v) is 1.22. The van der Waals surface area contributed by atoms with Gasteiger partial charge in [-0.05, 0) is 32.1 Å². The Balaban J connectivity index is 2.46. The molecule has 1 aromatic heterocycles. The molecule has 0 aliphatic carbocycles. The lowest BCUT2D eigenvalue weighted by Crippen LogP contribution is -2.27.